The van der Waals surface area contributed by atoms with E-state index < -0.39 is 11.9 Å². The lowest BCUT2D eigenvalue weighted by molar-refractivity contribution is -0.141. The standard InChI is InChI=1S/C16H16ClNO2/c1-11-3-2-4-12(7-11)8-14(16(19)20)9-13-5-6-18-15(17)10-13/h2-7,10,14H,8-9H2,1H3,(H,19,20). The average molecular weight is 290 g/mol. The Morgan fingerprint density at radius 3 is 2.55 bits per heavy atom. The van der Waals surface area contributed by atoms with Gasteiger partial charge in [-0.15, -0.1) is 0 Å². The van der Waals surface area contributed by atoms with Crippen molar-refractivity contribution in [3.63, 3.8) is 0 Å². The molecule has 1 unspecified atom stereocenters. The Labute approximate surface area is 123 Å². The molecule has 0 saturated heterocycles. The normalized spacial score (nSPS) is 12.1. The molecule has 3 nitrogen and oxygen atoms in total. The summed E-state index contributed by atoms with van der Waals surface area (Å²) >= 11 is 5.83. The van der Waals surface area contributed by atoms with Crippen molar-refractivity contribution in [2.75, 3.05) is 0 Å². The van der Waals surface area contributed by atoms with Gasteiger partial charge in [0.2, 0.25) is 0 Å². The second-order valence-electron chi connectivity index (χ2n) is 4.92. The molecule has 104 valence electrons. The largest absolute Gasteiger partial charge is 0.481 e. The third-order valence-corrected chi connectivity index (χ3v) is 3.39. The lowest BCUT2D eigenvalue weighted by Crippen LogP contribution is -2.19. The molecule has 0 spiro atoms. The first-order chi connectivity index (χ1) is 9.54. The number of aliphatic carboxylic acids is 1. The van der Waals surface area contributed by atoms with Crippen LogP contribution in [-0.4, -0.2) is 16.1 Å². The van der Waals surface area contributed by atoms with Gasteiger partial charge in [-0.05, 0) is 43.0 Å². The molecule has 1 N–H and O–H groups in total. The fraction of sp³-hybridized carbons (Fsp3) is 0.250. The van der Waals surface area contributed by atoms with E-state index in [2.05, 4.69) is 4.98 Å². The third kappa shape index (κ3) is 4.07. The second kappa shape index (κ2) is 6.53. The van der Waals surface area contributed by atoms with Gasteiger partial charge in [-0.3, -0.25) is 4.79 Å². The Balaban J connectivity index is 2.13. The van der Waals surface area contributed by atoms with E-state index >= 15 is 0 Å². The molecular formula is C16H16ClNO2. The average Bonchev–Trinajstić information content (AvgIpc) is 2.38. The highest BCUT2D eigenvalue weighted by atomic mass is 35.5. The molecule has 4 heteroatoms. The lowest BCUT2D eigenvalue weighted by Gasteiger charge is -2.13. The number of benzene rings is 1. The quantitative estimate of drug-likeness (QED) is 0.857. The predicted molar refractivity (Wildman–Crippen MR) is 79.0 cm³/mol. The van der Waals surface area contributed by atoms with Crippen LogP contribution in [0.1, 0.15) is 16.7 Å². The van der Waals surface area contributed by atoms with E-state index in [0.29, 0.717) is 18.0 Å². The minimum Gasteiger partial charge on any atom is -0.481 e. The van der Waals surface area contributed by atoms with Gasteiger partial charge in [0.1, 0.15) is 5.15 Å². The first-order valence-electron chi connectivity index (χ1n) is 6.43. The second-order valence-corrected chi connectivity index (χ2v) is 5.31. The molecule has 0 aliphatic rings. The minimum absolute atomic E-state index is 0.391. The Morgan fingerprint density at radius 1 is 1.25 bits per heavy atom. The zero-order valence-electron chi connectivity index (χ0n) is 11.2. The van der Waals surface area contributed by atoms with E-state index in [4.69, 9.17) is 11.6 Å². The number of aryl methyl sites for hydroxylation is 1. The van der Waals surface area contributed by atoms with Crippen LogP contribution in [0.25, 0.3) is 0 Å². The highest BCUT2D eigenvalue weighted by Gasteiger charge is 2.19. The van der Waals surface area contributed by atoms with Crippen molar-refractivity contribution in [3.8, 4) is 0 Å². The molecule has 1 aromatic carbocycles. The van der Waals surface area contributed by atoms with Gasteiger partial charge in [0.15, 0.2) is 0 Å². The fourth-order valence-corrected chi connectivity index (χ4v) is 2.42. The van der Waals surface area contributed by atoms with Gasteiger partial charge in [0.25, 0.3) is 0 Å². The van der Waals surface area contributed by atoms with E-state index in [1.165, 1.54) is 0 Å². The van der Waals surface area contributed by atoms with Crippen molar-refractivity contribution < 1.29 is 9.90 Å². The summed E-state index contributed by atoms with van der Waals surface area (Å²) in [5.41, 5.74) is 3.07. The molecule has 2 aromatic rings. The molecule has 20 heavy (non-hydrogen) atoms. The Hall–Kier alpha value is -1.87. The van der Waals surface area contributed by atoms with Gasteiger partial charge < -0.3 is 5.11 Å². The Kier molecular flexibility index (Phi) is 4.74. The van der Waals surface area contributed by atoms with Crippen LogP contribution in [0.15, 0.2) is 42.6 Å². The van der Waals surface area contributed by atoms with Crippen LogP contribution in [0.2, 0.25) is 5.15 Å². The number of halogens is 1. The molecule has 1 heterocycles. The molecule has 2 rings (SSSR count). The molecule has 1 aromatic heterocycles. The zero-order chi connectivity index (χ0) is 14.5. The maximum absolute atomic E-state index is 11.4. The van der Waals surface area contributed by atoms with Crippen LogP contribution in [0.4, 0.5) is 0 Å². The van der Waals surface area contributed by atoms with Crippen LogP contribution in [0, 0.1) is 12.8 Å². The number of rotatable bonds is 5. The molecular weight excluding hydrogens is 274 g/mol. The minimum atomic E-state index is -0.792. The van der Waals surface area contributed by atoms with Gasteiger partial charge in [-0.1, -0.05) is 41.4 Å². The maximum Gasteiger partial charge on any atom is 0.307 e. The smallest absolute Gasteiger partial charge is 0.307 e. The summed E-state index contributed by atoms with van der Waals surface area (Å²) in [6.07, 6.45) is 2.56. The van der Waals surface area contributed by atoms with Crippen molar-refractivity contribution in [1.82, 2.24) is 4.98 Å². The van der Waals surface area contributed by atoms with Crippen LogP contribution in [0.3, 0.4) is 0 Å². The van der Waals surface area contributed by atoms with Crippen molar-refractivity contribution in [1.29, 1.82) is 0 Å². The van der Waals surface area contributed by atoms with Crippen molar-refractivity contribution in [2.45, 2.75) is 19.8 Å². The van der Waals surface area contributed by atoms with E-state index in [9.17, 15) is 9.90 Å². The third-order valence-electron chi connectivity index (χ3n) is 3.19. The van der Waals surface area contributed by atoms with Gasteiger partial charge in [-0.2, -0.15) is 0 Å². The monoisotopic (exact) mass is 289 g/mol. The molecule has 0 fully saturated rings. The van der Waals surface area contributed by atoms with Crippen molar-refractivity contribution >= 4 is 17.6 Å². The van der Waals surface area contributed by atoms with E-state index in [-0.39, 0.29) is 0 Å². The topological polar surface area (TPSA) is 50.2 Å². The molecule has 0 amide bonds. The summed E-state index contributed by atoms with van der Waals surface area (Å²) in [4.78, 5) is 15.3. The predicted octanol–water partition coefficient (Wildman–Crippen LogP) is 3.53. The number of pyridine rings is 1. The zero-order valence-corrected chi connectivity index (χ0v) is 12.0. The molecule has 1 atom stereocenters. The summed E-state index contributed by atoms with van der Waals surface area (Å²) in [7, 11) is 0. The van der Waals surface area contributed by atoms with E-state index in [1.54, 1.807) is 18.3 Å². The van der Waals surface area contributed by atoms with Crippen LogP contribution in [0.5, 0.6) is 0 Å². The van der Waals surface area contributed by atoms with Gasteiger partial charge in [0.05, 0.1) is 5.92 Å². The lowest BCUT2D eigenvalue weighted by atomic mass is 9.92. The summed E-state index contributed by atoms with van der Waals surface area (Å²) in [6.45, 7) is 2.00. The summed E-state index contributed by atoms with van der Waals surface area (Å²) in [6, 6.07) is 11.5. The van der Waals surface area contributed by atoms with Gasteiger partial charge in [-0.25, -0.2) is 4.98 Å². The number of carbonyl (C=O) groups is 1. The maximum atomic E-state index is 11.4. The van der Waals surface area contributed by atoms with E-state index in [1.807, 2.05) is 31.2 Å². The first kappa shape index (κ1) is 14.5. The molecule has 0 radical (unpaired) electrons. The Morgan fingerprint density at radius 2 is 1.95 bits per heavy atom. The Bertz CT molecular complexity index is 565. The molecule has 0 saturated carbocycles. The summed E-state index contributed by atoms with van der Waals surface area (Å²) in [5, 5.41) is 9.78. The fourth-order valence-electron chi connectivity index (χ4n) is 2.22. The number of nitrogens with zero attached hydrogens (tertiary/aromatic N) is 1. The van der Waals surface area contributed by atoms with Crippen LogP contribution in [-0.2, 0) is 17.6 Å². The number of carboxylic acids is 1. The number of hydrogen-bond donors (Lipinski definition) is 1. The number of hydrogen-bond acceptors (Lipinski definition) is 2. The van der Waals surface area contributed by atoms with Crippen LogP contribution >= 0.6 is 11.6 Å². The summed E-state index contributed by atoms with van der Waals surface area (Å²) < 4.78 is 0. The highest BCUT2D eigenvalue weighted by Crippen LogP contribution is 2.17. The van der Waals surface area contributed by atoms with E-state index in [0.717, 1.165) is 16.7 Å². The van der Waals surface area contributed by atoms with Crippen molar-refractivity contribution in [2.24, 2.45) is 5.92 Å². The highest BCUT2D eigenvalue weighted by molar-refractivity contribution is 6.29. The van der Waals surface area contributed by atoms with Gasteiger partial charge in [0, 0.05) is 6.20 Å². The van der Waals surface area contributed by atoms with Gasteiger partial charge >= 0.3 is 5.97 Å². The molecule has 0 aliphatic carbocycles. The molecule has 0 bridgehead atoms. The number of aromatic nitrogens is 1. The SMILES string of the molecule is Cc1cccc(CC(Cc2ccnc(Cl)c2)C(=O)O)c1. The first-order valence-corrected chi connectivity index (χ1v) is 6.81. The number of carboxylic acid groups (broad SMARTS) is 1. The van der Waals surface area contributed by atoms with Crippen molar-refractivity contribution in [3.05, 3.63) is 64.4 Å². The summed E-state index contributed by atoms with van der Waals surface area (Å²) in [5.74, 6) is -1.25. The molecule has 0 aliphatic heterocycles. The van der Waals surface area contributed by atoms with Crippen LogP contribution < -0.4 is 0 Å².